The second-order valence-electron chi connectivity index (χ2n) is 11.8. The van der Waals surface area contributed by atoms with Crippen molar-refractivity contribution >= 4 is 11.1 Å². The maximum atomic E-state index is 14.4. The van der Waals surface area contributed by atoms with Crippen LogP contribution in [0, 0.1) is 90.6 Å². The van der Waals surface area contributed by atoms with Gasteiger partial charge in [-0.25, -0.2) is 0 Å². The molecule has 0 N–H and O–H groups in total. The zero-order chi connectivity index (χ0) is 40.9. The van der Waals surface area contributed by atoms with Crippen molar-refractivity contribution in [3.05, 3.63) is 129 Å². The van der Waals surface area contributed by atoms with Crippen molar-refractivity contribution in [2.45, 2.75) is 12.4 Å². The van der Waals surface area contributed by atoms with E-state index in [-0.39, 0.29) is 77.2 Å². The minimum absolute atomic E-state index is 0.00827. The Labute approximate surface area is 313 Å². The van der Waals surface area contributed by atoms with E-state index in [1.54, 1.807) is 24.3 Å². The standard InChI is InChI=1S/C42H14F6N8/c43-41(44,45)35-9-29(27-3-23(15-49)1-24(4-27)16-50)7-31(11-35)37-13-40(34(21-55)22-56)38(14-39(37)33(19-53)20-54)32-8-30(10-36(12-32)42(46,47)48)28-5-25(17-51)2-26(6-28)18-52/h1-14H. The molecule has 0 amide bonds. The van der Waals surface area contributed by atoms with Crippen LogP contribution in [-0.2, 0) is 12.4 Å². The maximum absolute atomic E-state index is 14.4. The van der Waals surface area contributed by atoms with Gasteiger partial charge in [0.2, 0.25) is 0 Å². The van der Waals surface area contributed by atoms with Gasteiger partial charge >= 0.3 is 12.4 Å². The van der Waals surface area contributed by atoms with Crippen LogP contribution in [0.15, 0.2) is 84.9 Å². The van der Waals surface area contributed by atoms with Crippen LogP contribution in [0.4, 0.5) is 26.3 Å². The molecule has 0 aliphatic rings. The quantitative estimate of drug-likeness (QED) is 0.164. The minimum Gasteiger partial charge on any atom is -0.192 e. The molecule has 0 aliphatic heterocycles. The molecular formula is C42H14F6N8. The van der Waals surface area contributed by atoms with Crippen molar-refractivity contribution < 1.29 is 26.3 Å². The number of hydrogen-bond donors (Lipinski definition) is 0. The number of alkyl halides is 6. The average molecular weight is 745 g/mol. The van der Waals surface area contributed by atoms with Gasteiger partial charge in [-0.05, 0) is 129 Å². The Morgan fingerprint density at radius 2 is 0.607 bits per heavy atom. The number of hydrogen-bond acceptors (Lipinski definition) is 8. The van der Waals surface area contributed by atoms with Gasteiger partial charge in [0.25, 0.3) is 0 Å². The summed E-state index contributed by atoms with van der Waals surface area (Å²) in [5, 5.41) is 77.2. The molecule has 0 heterocycles. The number of halogens is 6. The molecule has 0 fully saturated rings. The van der Waals surface area contributed by atoms with Crippen molar-refractivity contribution in [1.29, 1.82) is 42.1 Å². The maximum Gasteiger partial charge on any atom is 0.416 e. The molecule has 8 nitrogen and oxygen atoms in total. The Morgan fingerprint density at radius 3 is 0.857 bits per heavy atom. The lowest BCUT2D eigenvalue weighted by atomic mass is 9.88. The lowest BCUT2D eigenvalue weighted by molar-refractivity contribution is -0.138. The molecule has 5 aromatic carbocycles. The van der Waals surface area contributed by atoms with Gasteiger partial charge in [-0.1, -0.05) is 0 Å². The monoisotopic (exact) mass is 744 g/mol. The molecule has 56 heavy (non-hydrogen) atoms. The van der Waals surface area contributed by atoms with E-state index < -0.39 is 34.6 Å². The third kappa shape index (κ3) is 7.74. The van der Waals surface area contributed by atoms with E-state index in [1.807, 2.05) is 24.3 Å². The van der Waals surface area contributed by atoms with Crippen molar-refractivity contribution in [2.75, 3.05) is 0 Å². The lowest BCUT2D eigenvalue weighted by Crippen LogP contribution is -2.20. The first-order valence-corrected chi connectivity index (χ1v) is 15.5. The summed E-state index contributed by atoms with van der Waals surface area (Å²) in [5.41, 5.74) is -5.69. The van der Waals surface area contributed by atoms with Gasteiger partial charge in [0.05, 0.1) is 57.7 Å². The lowest BCUT2D eigenvalue weighted by Gasteiger charge is -2.16. The fraction of sp³-hybridized carbons (Fsp3) is 0.0476. The molecule has 0 aromatic heterocycles. The molecule has 0 aliphatic carbocycles. The van der Waals surface area contributed by atoms with E-state index in [0.29, 0.717) is 12.1 Å². The normalized spacial score (nSPS) is 10.5. The summed E-state index contributed by atoms with van der Waals surface area (Å²) in [6.45, 7) is 0. The molecule has 5 rings (SSSR count). The predicted octanol–water partition coefficient (Wildman–Crippen LogP) is 8.27. The van der Waals surface area contributed by atoms with Crippen LogP contribution in [0.2, 0.25) is 0 Å². The van der Waals surface area contributed by atoms with E-state index in [9.17, 15) is 68.4 Å². The van der Waals surface area contributed by atoms with Crippen molar-refractivity contribution in [2.24, 2.45) is 0 Å². The third-order valence-electron chi connectivity index (χ3n) is 8.34. The molecule has 5 aromatic rings. The fourth-order valence-electron chi connectivity index (χ4n) is 5.86. The van der Waals surface area contributed by atoms with Gasteiger partial charge in [0.1, 0.15) is 35.4 Å². The Balaban J connectivity index is 1.99. The summed E-state index contributed by atoms with van der Waals surface area (Å²) in [5.74, 6) is 0. The molecule has 0 unspecified atom stereocenters. The number of benzene rings is 5. The smallest absolute Gasteiger partial charge is 0.192 e. The van der Waals surface area contributed by atoms with Crippen LogP contribution in [0.5, 0.6) is 0 Å². The SMILES string of the molecule is N#CC(C#N)=c1cc(-c2cc(-c3cc(C#N)cc(C#N)c3)cc(C(F)(F)F)c2)c(=C(C#N)C#N)cc1-c1cc(-c2cc(C#N)cc(C#N)c2)cc(C(F)(F)F)c1. The molecule has 0 spiro atoms. The number of nitrogens with zero attached hydrogens (tertiary/aromatic N) is 8. The van der Waals surface area contributed by atoms with Crippen LogP contribution in [-0.4, -0.2) is 0 Å². The van der Waals surface area contributed by atoms with Crippen LogP contribution in [0.1, 0.15) is 33.4 Å². The molecule has 0 radical (unpaired) electrons. The molecule has 0 atom stereocenters. The first-order chi connectivity index (χ1) is 26.6. The van der Waals surface area contributed by atoms with Gasteiger partial charge in [0, 0.05) is 10.4 Å². The first kappa shape index (κ1) is 38.6. The molecule has 0 saturated carbocycles. The van der Waals surface area contributed by atoms with Gasteiger partial charge in [-0.2, -0.15) is 68.4 Å². The van der Waals surface area contributed by atoms with Crippen LogP contribution in [0.25, 0.3) is 55.7 Å². The molecule has 14 heteroatoms. The van der Waals surface area contributed by atoms with Crippen LogP contribution >= 0.6 is 0 Å². The van der Waals surface area contributed by atoms with E-state index in [0.717, 1.165) is 24.3 Å². The third-order valence-corrected chi connectivity index (χ3v) is 8.34. The van der Waals surface area contributed by atoms with E-state index in [1.165, 1.54) is 48.5 Å². The Morgan fingerprint density at radius 1 is 0.339 bits per heavy atom. The topological polar surface area (TPSA) is 190 Å². The van der Waals surface area contributed by atoms with Crippen molar-refractivity contribution in [3.63, 3.8) is 0 Å². The zero-order valence-electron chi connectivity index (χ0n) is 27.9. The fourth-order valence-corrected chi connectivity index (χ4v) is 5.86. The highest BCUT2D eigenvalue weighted by Gasteiger charge is 2.33. The zero-order valence-corrected chi connectivity index (χ0v) is 27.9. The number of nitriles is 8. The average Bonchev–Trinajstić information content (AvgIpc) is 3.20. The van der Waals surface area contributed by atoms with Gasteiger partial charge in [-0.3, -0.25) is 0 Å². The highest BCUT2D eigenvalue weighted by atomic mass is 19.4. The predicted molar refractivity (Wildman–Crippen MR) is 186 cm³/mol. The van der Waals surface area contributed by atoms with Crippen molar-refractivity contribution in [3.8, 4) is 93.1 Å². The second kappa shape index (κ2) is 15.1. The Hall–Kier alpha value is -8.66. The second-order valence-corrected chi connectivity index (χ2v) is 11.8. The molecule has 0 bridgehead atoms. The largest absolute Gasteiger partial charge is 0.416 e. The highest BCUT2D eigenvalue weighted by Crippen LogP contribution is 2.38. The van der Waals surface area contributed by atoms with Gasteiger partial charge in [-0.15, -0.1) is 0 Å². The van der Waals surface area contributed by atoms with Crippen LogP contribution in [0.3, 0.4) is 0 Å². The van der Waals surface area contributed by atoms with Crippen LogP contribution < -0.4 is 10.4 Å². The highest BCUT2D eigenvalue weighted by molar-refractivity contribution is 5.87. The summed E-state index contributed by atoms with van der Waals surface area (Å²) in [7, 11) is 0. The van der Waals surface area contributed by atoms with E-state index in [2.05, 4.69) is 0 Å². The number of rotatable bonds is 4. The van der Waals surface area contributed by atoms with E-state index in [4.69, 9.17) is 0 Å². The summed E-state index contributed by atoms with van der Waals surface area (Å²) in [6.07, 6.45) is -10.0. The Bertz CT molecular complexity index is 2690. The molecule has 0 saturated heterocycles. The summed E-state index contributed by atoms with van der Waals surface area (Å²) < 4.78 is 86.6. The summed E-state index contributed by atoms with van der Waals surface area (Å²) in [6, 6.07) is 28.4. The van der Waals surface area contributed by atoms with Gasteiger partial charge in [0.15, 0.2) is 0 Å². The summed E-state index contributed by atoms with van der Waals surface area (Å²) >= 11 is 0. The molecular weight excluding hydrogens is 731 g/mol. The molecule has 264 valence electrons. The van der Waals surface area contributed by atoms with Gasteiger partial charge < -0.3 is 0 Å². The minimum atomic E-state index is -5.01. The first-order valence-electron chi connectivity index (χ1n) is 15.5. The summed E-state index contributed by atoms with van der Waals surface area (Å²) in [4.78, 5) is 0. The van der Waals surface area contributed by atoms with E-state index >= 15 is 0 Å². The Kier molecular flexibility index (Phi) is 10.4. The van der Waals surface area contributed by atoms with Crippen molar-refractivity contribution in [1.82, 2.24) is 0 Å².